The number of hydrogen-bond donors (Lipinski definition) is 0. The summed E-state index contributed by atoms with van der Waals surface area (Å²) in [4.78, 5) is 13.0. The minimum absolute atomic E-state index is 0.0337. The van der Waals surface area contributed by atoms with Gasteiger partial charge in [-0.05, 0) is 52.5 Å². The van der Waals surface area contributed by atoms with Crippen LogP contribution >= 0.6 is 0 Å². The molecule has 0 N–H and O–H groups in total. The van der Waals surface area contributed by atoms with E-state index in [1.807, 2.05) is 52.0 Å². The number of carbonyl (C=O) groups is 1. The maximum Gasteiger partial charge on any atom is 0.164 e. The molecule has 0 aromatic heterocycles. The minimum Gasteiger partial charge on any atom is -0.377 e. The lowest BCUT2D eigenvalue weighted by molar-refractivity contribution is -0.302. The van der Waals surface area contributed by atoms with Gasteiger partial charge >= 0.3 is 0 Å². The van der Waals surface area contributed by atoms with Gasteiger partial charge in [0.05, 0.1) is 24.9 Å². The summed E-state index contributed by atoms with van der Waals surface area (Å²) < 4.78 is 29.9. The molecule has 2 aliphatic heterocycles. The summed E-state index contributed by atoms with van der Waals surface area (Å²) in [5.74, 6) is -1.34. The van der Waals surface area contributed by atoms with Crippen molar-refractivity contribution in [2.24, 2.45) is 0 Å². The summed E-state index contributed by atoms with van der Waals surface area (Å²) in [5, 5.41) is 0. The summed E-state index contributed by atoms with van der Waals surface area (Å²) in [6, 6.07) is 10.1. The monoisotopic (exact) mass is 460 g/mol. The smallest absolute Gasteiger partial charge is 0.164 e. The van der Waals surface area contributed by atoms with Gasteiger partial charge in [-0.3, -0.25) is 4.79 Å². The zero-order chi connectivity index (χ0) is 23.9. The zero-order valence-corrected chi connectivity index (χ0v) is 20.6. The van der Waals surface area contributed by atoms with E-state index >= 15 is 0 Å². The van der Waals surface area contributed by atoms with E-state index in [1.165, 1.54) is 0 Å². The van der Waals surface area contributed by atoms with Crippen molar-refractivity contribution in [3.8, 4) is 0 Å². The third-order valence-corrected chi connectivity index (χ3v) is 5.98. The number of hydrogen-bond acceptors (Lipinski definition) is 6. The number of rotatable bonds is 11. The Hall–Kier alpha value is -1.57. The van der Waals surface area contributed by atoms with Crippen LogP contribution in [0.3, 0.4) is 0 Å². The van der Waals surface area contributed by atoms with Crippen LogP contribution in [0.4, 0.5) is 0 Å². The van der Waals surface area contributed by atoms with Crippen molar-refractivity contribution in [1.82, 2.24) is 0 Å². The Morgan fingerprint density at radius 2 is 1.61 bits per heavy atom. The first kappa shape index (κ1) is 26.0. The number of Topliss-reactive ketones (excluding diaryl/α,β-unsaturated/α-hetero) is 1. The molecule has 2 saturated heterocycles. The highest BCUT2D eigenvalue weighted by Gasteiger charge is 2.39. The fourth-order valence-corrected chi connectivity index (χ4v) is 4.65. The van der Waals surface area contributed by atoms with Gasteiger partial charge in [-0.2, -0.15) is 0 Å². The number of benzene rings is 1. The lowest BCUT2D eigenvalue weighted by Gasteiger charge is -2.41. The van der Waals surface area contributed by atoms with Crippen molar-refractivity contribution in [2.45, 2.75) is 109 Å². The lowest BCUT2D eigenvalue weighted by Crippen LogP contribution is -2.48. The Labute approximate surface area is 198 Å². The lowest BCUT2D eigenvalue weighted by atomic mass is 9.96. The van der Waals surface area contributed by atoms with Crippen molar-refractivity contribution in [1.29, 1.82) is 0 Å². The van der Waals surface area contributed by atoms with E-state index in [-0.39, 0.29) is 24.1 Å². The van der Waals surface area contributed by atoms with E-state index < -0.39 is 17.7 Å². The Morgan fingerprint density at radius 1 is 0.970 bits per heavy atom. The van der Waals surface area contributed by atoms with Gasteiger partial charge in [0.25, 0.3) is 0 Å². The van der Waals surface area contributed by atoms with E-state index in [0.717, 1.165) is 18.4 Å². The number of carbonyl (C=O) groups excluding carboxylic acids is 1. The molecule has 184 valence electrons. The van der Waals surface area contributed by atoms with Crippen LogP contribution in [0.15, 0.2) is 43.0 Å². The fraction of sp³-hybridized carbons (Fsp3) is 0.667. The van der Waals surface area contributed by atoms with Crippen LogP contribution in [0.1, 0.15) is 71.8 Å². The number of ether oxygens (including phenoxy) is 5. The van der Waals surface area contributed by atoms with E-state index in [1.54, 1.807) is 0 Å². The Balaban J connectivity index is 1.45. The van der Waals surface area contributed by atoms with Crippen molar-refractivity contribution < 1.29 is 28.5 Å². The standard InChI is InChI=1S/C27H40O6/c1-6-10-21-18-25(33-27(4,5)30-21)24(28)14-13-22-17-23(32-26(2,3)31-22)15-16-29-19-20-11-8-7-9-12-20/h6-9,11-12,21-23,25H,1,10,13-19H2,2-5H3/t21-,22-,23+,25-/m1/s1. The molecule has 2 heterocycles. The molecule has 6 nitrogen and oxygen atoms in total. The van der Waals surface area contributed by atoms with Crippen LogP contribution in [-0.2, 0) is 35.1 Å². The predicted octanol–water partition coefficient (Wildman–Crippen LogP) is 5.34. The van der Waals surface area contributed by atoms with Crippen LogP contribution in [-0.4, -0.2) is 48.4 Å². The molecule has 1 aromatic rings. The molecule has 6 heteroatoms. The molecule has 2 fully saturated rings. The predicted molar refractivity (Wildman–Crippen MR) is 127 cm³/mol. The maximum atomic E-state index is 13.0. The summed E-state index contributed by atoms with van der Waals surface area (Å²) >= 11 is 0. The first-order valence-electron chi connectivity index (χ1n) is 12.1. The molecule has 2 aliphatic rings. The van der Waals surface area contributed by atoms with E-state index in [9.17, 15) is 4.79 Å². The first-order valence-corrected chi connectivity index (χ1v) is 12.1. The molecular weight excluding hydrogens is 420 g/mol. The average Bonchev–Trinajstić information content (AvgIpc) is 2.74. The highest BCUT2D eigenvalue weighted by Crippen LogP contribution is 2.32. The van der Waals surface area contributed by atoms with E-state index in [2.05, 4.69) is 18.7 Å². The molecule has 1 aromatic carbocycles. The Kier molecular flexibility index (Phi) is 9.25. The second-order valence-corrected chi connectivity index (χ2v) is 9.95. The molecule has 3 rings (SSSR count). The first-order chi connectivity index (χ1) is 15.7. The van der Waals surface area contributed by atoms with Gasteiger partial charge in [0.2, 0.25) is 0 Å². The van der Waals surface area contributed by atoms with Gasteiger partial charge in [0.15, 0.2) is 17.4 Å². The molecule has 0 unspecified atom stereocenters. The minimum atomic E-state index is -0.770. The molecule has 0 radical (unpaired) electrons. The molecule has 0 aliphatic carbocycles. The molecule has 33 heavy (non-hydrogen) atoms. The van der Waals surface area contributed by atoms with Crippen LogP contribution in [0.2, 0.25) is 0 Å². The summed E-state index contributed by atoms with van der Waals surface area (Å²) in [5.41, 5.74) is 1.16. The van der Waals surface area contributed by atoms with Crippen LogP contribution in [0.25, 0.3) is 0 Å². The molecule has 0 saturated carbocycles. The van der Waals surface area contributed by atoms with Gasteiger partial charge in [-0.1, -0.05) is 36.4 Å². The summed E-state index contributed by atoms with van der Waals surface area (Å²) in [6.45, 7) is 12.6. The highest BCUT2D eigenvalue weighted by molar-refractivity contribution is 5.83. The second-order valence-electron chi connectivity index (χ2n) is 9.95. The normalized spacial score (nSPS) is 28.8. The maximum absolute atomic E-state index is 13.0. The topological polar surface area (TPSA) is 63.2 Å². The second kappa shape index (κ2) is 11.7. The van der Waals surface area contributed by atoms with Gasteiger partial charge in [0, 0.05) is 25.9 Å². The van der Waals surface area contributed by atoms with Gasteiger partial charge in [0.1, 0.15) is 6.10 Å². The van der Waals surface area contributed by atoms with Crippen LogP contribution in [0, 0.1) is 0 Å². The Morgan fingerprint density at radius 3 is 2.30 bits per heavy atom. The van der Waals surface area contributed by atoms with Crippen molar-refractivity contribution in [3.05, 3.63) is 48.6 Å². The molecule has 0 amide bonds. The van der Waals surface area contributed by atoms with Gasteiger partial charge < -0.3 is 23.7 Å². The average molecular weight is 461 g/mol. The van der Waals surface area contributed by atoms with Crippen LogP contribution in [0.5, 0.6) is 0 Å². The van der Waals surface area contributed by atoms with Crippen molar-refractivity contribution in [2.75, 3.05) is 6.61 Å². The SMILES string of the molecule is C=CC[C@@H]1C[C@H](C(=O)CC[C@@H]2C[C@H](CCOCc3ccccc3)OC(C)(C)O2)OC(C)(C)O1. The van der Waals surface area contributed by atoms with Gasteiger partial charge in [-0.15, -0.1) is 6.58 Å². The largest absolute Gasteiger partial charge is 0.377 e. The third-order valence-electron chi connectivity index (χ3n) is 5.98. The van der Waals surface area contributed by atoms with E-state index in [0.29, 0.717) is 38.9 Å². The fourth-order valence-electron chi connectivity index (χ4n) is 4.65. The molecule has 0 spiro atoms. The molecule has 0 bridgehead atoms. The molecular formula is C27H40O6. The van der Waals surface area contributed by atoms with Gasteiger partial charge in [-0.25, -0.2) is 0 Å². The third kappa shape index (κ3) is 8.62. The zero-order valence-electron chi connectivity index (χ0n) is 20.6. The molecule has 4 atom stereocenters. The quantitative estimate of drug-likeness (QED) is 0.328. The highest BCUT2D eigenvalue weighted by atomic mass is 16.7. The van der Waals surface area contributed by atoms with E-state index in [4.69, 9.17) is 23.7 Å². The number of ketones is 1. The summed E-state index contributed by atoms with van der Waals surface area (Å²) in [7, 11) is 0. The van der Waals surface area contributed by atoms with Crippen molar-refractivity contribution >= 4 is 5.78 Å². The summed E-state index contributed by atoms with van der Waals surface area (Å²) in [6.07, 6.45) is 5.24. The Bertz CT molecular complexity index is 759. The van der Waals surface area contributed by atoms with Crippen molar-refractivity contribution in [3.63, 3.8) is 0 Å². The van der Waals surface area contributed by atoms with Crippen LogP contribution < -0.4 is 0 Å².